The zero-order valence-corrected chi connectivity index (χ0v) is 37.6. The highest BCUT2D eigenvalue weighted by Crippen LogP contribution is 2.34. The molecule has 2 aliphatic rings. The molecule has 352 valence electrons. The molecule has 6 aromatic carbocycles. The molecule has 0 radical (unpaired) electrons. The van der Waals surface area contributed by atoms with Gasteiger partial charge < -0.3 is 47.4 Å². The average molecular weight is 923 g/mol. The second-order valence-corrected chi connectivity index (χ2v) is 16.3. The molecular weight excluding hydrogens is 869 g/mol. The average Bonchev–Trinajstić information content (AvgIpc) is 3.39. The number of hydrogen-bond acceptors (Lipinski definition) is 13. The lowest BCUT2D eigenvalue weighted by Crippen LogP contribution is -2.63. The molecule has 8 rings (SSSR count). The molecule has 68 heavy (non-hydrogen) atoms. The fourth-order valence-electron chi connectivity index (χ4n) is 8.03. The summed E-state index contributed by atoms with van der Waals surface area (Å²) in [5, 5.41) is 0. The molecule has 6 aromatic rings. The van der Waals surface area contributed by atoms with E-state index in [0.29, 0.717) is 13.2 Å². The van der Waals surface area contributed by atoms with Crippen molar-refractivity contribution in [3.63, 3.8) is 0 Å². The van der Waals surface area contributed by atoms with E-state index in [1.807, 2.05) is 91.0 Å². The van der Waals surface area contributed by atoms with Crippen LogP contribution < -0.4 is 0 Å². The highest BCUT2D eigenvalue weighted by atomic mass is 16.7. The lowest BCUT2D eigenvalue weighted by Gasteiger charge is -2.45. The summed E-state index contributed by atoms with van der Waals surface area (Å²) in [6.07, 6.45) is -9.27. The van der Waals surface area contributed by atoms with Crippen LogP contribution >= 0.6 is 0 Å². The van der Waals surface area contributed by atoms with Gasteiger partial charge in [0.25, 0.3) is 0 Å². The summed E-state index contributed by atoms with van der Waals surface area (Å²) >= 11 is 0. The van der Waals surface area contributed by atoms with Gasteiger partial charge in [0.05, 0.1) is 55.8 Å². The largest absolute Gasteiger partial charge is 0.452 e. The fraction of sp³-hybridized carbons (Fsp3) is 0.291. The molecule has 9 atom stereocenters. The normalized spacial score (nSPS) is 23.5. The van der Waals surface area contributed by atoms with Gasteiger partial charge in [0.2, 0.25) is 0 Å². The van der Waals surface area contributed by atoms with Crippen LogP contribution in [0.1, 0.15) is 54.2 Å². The van der Waals surface area contributed by atoms with Crippen LogP contribution in [-0.2, 0) is 67.2 Å². The number of carbonyl (C=O) groups is 3. The minimum Gasteiger partial charge on any atom is -0.452 e. The van der Waals surface area contributed by atoms with E-state index in [2.05, 4.69) is 0 Å². The highest BCUT2D eigenvalue weighted by molar-refractivity contribution is 5.91. The molecule has 2 aliphatic heterocycles. The van der Waals surface area contributed by atoms with Crippen molar-refractivity contribution in [2.45, 2.75) is 81.5 Å². The Hall–Kier alpha value is -6.55. The van der Waals surface area contributed by atoms with Crippen molar-refractivity contribution in [3.8, 4) is 0 Å². The zero-order valence-electron chi connectivity index (χ0n) is 37.6. The maximum atomic E-state index is 14.0. The van der Waals surface area contributed by atoms with Gasteiger partial charge >= 0.3 is 17.9 Å². The standard InChI is InChI=1S/C55H54O13/c1-59-55-51(68-54(58)43-30-18-7-19-31-43)50(67-53(57)42-28-16-6-17-29-42)49(66-52(56)41-26-14-5-15-27-41)46(65-55)37-62-47-32-44(61-34-39-22-10-3-11-23-39)48(63-35-40-24-12-4-13-25-40)45(64-47)36-60-33-38-20-8-2-9-21-38/h2-31,44-51,55H,32-37H2,1H3/t44-,45-,46-,47-,48+,49-,50+,51+,55+/m1/s1. The van der Waals surface area contributed by atoms with Crippen LogP contribution in [0.3, 0.4) is 0 Å². The van der Waals surface area contributed by atoms with Gasteiger partial charge in [0.15, 0.2) is 30.9 Å². The van der Waals surface area contributed by atoms with E-state index in [1.54, 1.807) is 91.0 Å². The van der Waals surface area contributed by atoms with Gasteiger partial charge in [-0.2, -0.15) is 0 Å². The summed E-state index contributed by atoms with van der Waals surface area (Å²) < 4.78 is 63.7. The van der Waals surface area contributed by atoms with Crippen molar-refractivity contribution < 1.29 is 61.8 Å². The predicted molar refractivity (Wildman–Crippen MR) is 248 cm³/mol. The first-order chi connectivity index (χ1) is 33.4. The summed E-state index contributed by atoms with van der Waals surface area (Å²) in [7, 11) is 1.37. The molecule has 2 fully saturated rings. The van der Waals surface area contributed by atoms with E-state index >= 15 is 0 Å². The van der Waals surface area contributed by atoms with E-state index in [0.717, 1.165) is 16.7 Å². The summed E-state index contributed by atoms with van der Waals surface area (Å²) in [6, 6.07) is 54.4. The van der Waals surface area contributed by atoms with Crippen molar-refractivity contribution in [2.24, 2.45) is 0 Å². The third kappa shape index (κ3) is 13.1. The lowest BCUT2D eigenvalue weighted by atomic mass is 9.97. The Labute approximate surface area is 395 Å². The number of carbonyl (C=O) groups excluding carboxylic acids is 3. The van der Waals surface area contributed by atoms with Crippen LogP contribution in [0.25, 0.3) is 0 Å². The van der Waals surface area contributed by atoms with Gasteiger partial charge in [-0.3, -0.25) is 0 Å². The first-order valence-electron chi connectivity index (χ1n) is 22.6. The monoisotopic (exact) mass is 922 g/mol. The van der Waals surface area contributed by atoms with Gasteiger partial charge in [-0.05, 0) is 53.1 Å². The molecule has 13 nitrogen and oxygen atoms in total. The Balaban J connectivity index is 1.09. The molecule has 0 aromatic heterocycles. The van der Waals surface area contributed by atoms with E-state index in [9.17, 15) is 14.4 Å². The zero-order chi connectivity index (χ0) is 46.9. The highest BCUT2D eigenvalue weighted by Gasteiger charge is 2.53. The fourth-order valence-corrected chi connectivity index (χ4v) is 8.03. The SMILES string of the molecule is CO[C@H]1O[C@H](CO[C@H]2C[C@@H](OCc3ccccc3)[C@H](OCc3ccccc3)[C@@H](COCc3ccccc3)O2)[C@@H](OC(=O)c2ccccc2)[C@H](OC(=O)c2ccccc2)[C@@H]1OC(=O)c1ccccc1. The number of rotatable bonds is 20. The summed E-state index contributed by atoms with van der Waals surface area (Å²) in [4.78, 5) is 41.6. The molecule has 0 aliphatic carbocycles. The molecule has 0 spiro atoms. The Morgan fingerprint density at radius 3 is 1.34 bits per heavy atom. The van der Waals surface area contributed by atoms with E-state index < -0.39 is 73.2 Å². The van der Waals surface area contributed by atoms with Crippen molar-refractivity contribution in [2.75, 3.05) is 20.3 Å². The predicted octanol–water partition coefficient (Wildman–Crippen LogP) is 8.55. The minimum absolute atomic E-state index is 0.133. The smallest absolute Gasteiger partial charge is 0.338 e. The first kappa shape index (κ1) is 47.9. The van der Waals surface area contributed by atoms with Crippen molar-refractivity contribution in [3.05, 3.63) is 215 Å². The molecule has 0 unspecified atom stereocenters. The third-order valence-electron chi connectivity index (χ3n) is 11.5. The number of esters is 3. The number of methoxy groups -OCH3 is 1. The van der Waals surface area contributed by atoms with Gasteiger partial charge in [-0.25, -0.2) is 14.4 Å². The molecule has 0 N–H and O–H groups in total. The van der Waals surface area contributed by atoms with Gasteiger partial charge in [-0.15, -0.1) is 0 Å². The van der Waals surface area contributed by atoms with Crippen molar-refractivity contribution >= 4 is 17.9 Å². The Kier molecular flexibility index (Phi) is 17.2. The molecule has 0 amide bonds. The molecule has 0 saturated carbocycles. The second-order valence-electron chi connectivity index (χ2n) is 16.3. The Morgan fingerprint density at radius 1 is 0.441 bits per heavy atom. The molecule has 2 saturated heterocycles. The Morgan fingerprint density at radius 2 is 0.853 bits per heavy atom. The maximum absolute atomic E-state index is 14.0. The first-order valence-corrected chi connectivity index (χ1v) is 22.6. The van der Waals surface area contributed by atoms with Crippen LogP contribution in [0.4, 0.5) is 0 Å². The Bertz CT molecular complexity index is 2450. The molecule has 2 heterocycles. The number of ether oxygens (including phenoxy) is 10. The van der Waals surface area contributed by atoms with E-state index in [1.165, 1.54) is 7.11 Å². The van der Waals surface area contributed by atoms with Crippen molar-refractivity contribution in [1.82, 2.24) is 0 Å². The topological polar surface area (TPSA) is 144 Å². The van der Waals surface area contributed by atoms with Crippen LogP contribution in [0.15, 0.2) is 182 Å². The lowest BCUT2D eigenvalue weighted by molar-refractivity contribution is -0.315. The van der Waals surface area contributed by atoms with Gasteiger partial charge in [0.1, 0.15) is 18.3 Å². The van der Waals surface area contributed by atoms with Gasteiger partial charge in [0, 0.05) is 13.5 Å². The minimum atomic E-state index is -1.46. The quantitative estimate of drug-likeness (QED) is 0.0534. The summed E-state index contributed by atoms with van der Waals surface area (Å²) in [5.74, 6) is -2.25. The van der Waals surface area contributed by atoms with E-state index in [4.69, 9.17) is 47.4 Å². The van der Waals surface area contributed by atoms with Crippen molar-refractivity contribution in [1.29, 1.82) is 0 Å². The second kappa shape index (κ2) is 24.5. The van der Waals surface area contributed by atoms with Gasteiger partial charge in [-0.1, -0.05) is 146 Å². The van der Waals surface area contributed by atoms with Crippen LogP contribution in [-0.4, -0.2) is 93.5 Å². The van der Waals surface area contributed by atoms with E-state index in [-0.39, 0.29) is 42.9 Å². The summed E-state index contributed by atoms with van der Waals surface area (Å²) in [6.45, 7) is 0.776. The number of benzene rings is 6. The van der Waals surface area contributed by atoms with Crippen LogP contribution in [0.5, 0.6) is 0 Å². The molecular formula is C55H54O13. The number of hydrogen-bond donors (Lipinski definition) is 0. The molecule has 13 heteroatoms. The third-order valence-corrected chi connectivity index (χ3v) is 11.5. The maximum Gasteiger partial charge on any atom is 0.338 e. The van der Waals surface area contributed by atoms with Crippen LogP contribution in [0.2, 0.25) is 0 Å². The van der Waals surface area contributed by atoms with Crippen LogP contribution in [0, 0.1) is 0 Å². The summed E-state index contributed by atoms with van der Waals surface area (Å²) in [5.41, 5.74) is 3.60. The molecule has 0 bridgehead atoms.